The van der Waals surface area contributed by atoms with E-state index in [1.54, 1.807) is 31.4 Å². The third-order valence-electron chi connectivity index (χ3n) is 2.28. The van der Waals surface area contributed by atoms with Gasteiger partial charge in [-0.1, -0.05) is 6.08 Å². The Balaban J connectivity index is 2.77. The van der Waals surface area contributed by atoms with Crippen LogP contribution in [0.2, 0.25) is 0 Å². The normalized spacial score (nSPS) is 9.53. The molecule has 0 unspecified atom stereocenters. The van der Waals surface area contributed by atoms with E-state index in [0.29, 0.717) is 23.6 Å². The molecule has 0 heterocycles. The highest BCUT2D eigenvalue weighted by Gasteiger charge is 2.09. The van der Waals surface area contributed by atoms with Crippen LogP contribution in [0.5, 0.6) is 11.5 Å². The van der Waals surface area contributed by atoms with Crippen LogP contribution in [0.25, 0.3) is 0 Å². The molecule has 17 heavy (non-hydrogen) atoms. The summed E-state index contributed by atoms with van der Waals surface area (Å²) >= 11 is 0. The maximum atomic E-state index is 11.7. The van der Waals surface area contributed by atoms with Gasteiger partial charge in [0.25, 0.3) is 5.91 Å². The van der Waals surface area contributed by atoms with Crippen LogP contribution >= 0.6 is 0 Å². The molecule has 0 aliphatic heterocycles. The van der Waals surface area contributed by atoms with Crippen LogP contribution in [-0.2, 0) is 0 Å². The Morgan fingerprint density at radius 3 is 2.65 bits per heavy atom. The molecule has 0 spiro atoms. The molecule has 1 N–H and O–H groups in total. The number of carbonyl (C=O) groups is 1. The van der Waals surface area contributed by atoms with Gasteiger partial charge in [-0.25, -0.2) is 0 Å². The minimum atomic E-state index is -0.132. The minimum Gasteiger partial charge on any atom is -0.493 e. The molecule has 0 atom stereocenters. The molecule has 1 amide bonds. The minimum absolute atomic E-state index is 0.132. The van der Waals surface area contributed by atoms with Crippen LogP contribution in [-0.4, -0.2) is 26.7 Å². The van der Waals surface area contributed by atoms with Crippen molar-refractivity contribution in [1.29, 1.82) is 0 Å². The molecule has 1 rings (SSSR count). The van der Waals surface area contributed by atoms with Crippen LogP contribution in [0.15, 0.2) is 30.9 Å². The highest BCUT2D eigenvalue weighted by atomic mass is 16.5. The number of benzene rings is 1. The van der Waals surface area contributed by atoms with Crippen molar-refractivity contribution in [2.24, 2.45) is 0 Å². The van der Waals surface area contributed by atoms with E-state index >= 15 is 0 Å². The largest absolute Gasteiger partial charge is 0.493 e. The van der Waals surface area contributed by atoms with E-state index in [1.807, 2.05) is 0 Å². The highest BCUT2D eigenvalue weighted by molar-refractivity contribution is 5.94. The fraction of sp³-hybridized carbons (Fsp3) is 0.308. The Morgan fingerprint density at radius 2 is 2.06 bits per heavy atom. The molecule has 1 aromatic rings. The van der Waals surface area contributed by atoms with Crippen molar-refractivity contribution in [2.75, 3.05) is 20.8 Å². The van der Waals surface area contributed by atoms with Gasteiger partial charge >= 0.3 is 0 Å². The molecule has 0 aliphatic carbocycles. The summed E-state index contributed by atoms with van der Waals surface area (Å²) in [6, 6.07) is 5.06. The fourth-order valence-corrected chi connectivity index (χ4v) is 1.37. The van der Waals surface area contributed by atoms with Crippen LogP contribution < -0.4 is 14.8 Å². The first-order chi connectivity index (χ1) is 8.22. The van der Waals surface area contributed by atoms with E-state index in [-0.39, 0.29) is 5.91 Å². The molecule has 4 nitrogen and oxygen atoms in total. The molecule has 92 valence electrons. The lowest BCUT2D eigenvalue weighted by molar-refractivity contribution is 0.0954. The van der Waals surface area contributed by atoms with E-state index in [4.69, 9.17) is 9.47 Å². The van der Waals surface area contributed by atoms with Gasteiger partial charge < -0.3 is 14.8 Å². The lowest BCUT2D eigenvalue weighted by Gasteiger charge is -2.09. The molecule has 0 saturated heterocycles. The number of nitrogens with one attached hydrogen (secondary N) is 1. The summed E-state index contributed by atoms with van der Waals surface area (Å²) in [6.45, 7) is 4.17. The summed E-state index contributed by atoms with van der Waals surface area (Å²) in [5, 5.41) is 2.78. The maximum absolute atomic E-state index is 11.7. The summed E-state index contributed by atoms with van der Waals surface area (Å²) in [7, 11) is 3.10. The smallest absolute Gasteiger partial charge is 0.251 e. The zero-order chi connectivity index (χ0) is 12.7. The zero-order valence-corrected chi connectivity index (χ0v) is 10.2. The topological polar surface area (TPSA) is 47.6 Å². The number of methoxy groups -OCH3 is 2. The fourth-order valence-electron chi connectivity index (χ4n) is 1.37. The predicted octanol–water partition coefficient (Wildman–Crippen LogP) is 2.01. The van der Waals surface area contributed by atoms with Gasteiger partial charge in [0.2, 0.25) is 0 Å². The van der Waals surface area contributed by atoms with Crippen molar-refractivity contribution in [3.63, 3.8) is 0 Å². The van der Waals surface area contributed by atoms with Gasteiger partial charge in [-0.05, 0) is 24.6 Å². The second-order valence-corrected chi connectivity index (χ2v) is 3.40. The van der Waals surface area contributed by atoms with E-state index in [0.717, 1.165) is 6.42 Å². The number of hydrogen-bond donors (Lipinski definition) is 1. The summed E-state index contributed by atoms with van der Waals surface area (Å²) < 4.78 is 10.2. The molecular weight excluding hydrogens is 218 g/mol. The first-order valence-corrected chi connectivity index (χ1v) is 5.34. The van der Waals surface area contributed by atoms with Crippen molar-refractivity contribution in [2.45, 2.75) is 6.42 Å². The van der Waals surface area contributed by atoms with Crippen LogP contribution in [0, 0.1) is 0 Å². The van der Waals surface area contributed by atoms with Gasteiger partial charge in [-0.2, -0.15) is 0 Å². The lowest BCUT2D eigenvalue weighted by atomic mass is 10.2. The first kappa shape index (κ1) is 13.1. The Bertz CT molecular complexity index is 402. The first-order valence-electron chi connectivity index (χ1n) is 5.34. The Kier molecular flexibility index (Phi) is 5.07. The summed E-state index contributed by atoms with van der Waals surface area (Å²) in [6.07, 6.45) is 2.51. The van der Waals surface area contributed by atoms with Gasteiger partial charge in [0.1, 0.15) is 0 Å². The third-order valence-corrected chi connectivity index (χ3v) is 2.28. The van der Waals surface area contributed by atoms with Crippen molar-refractivity contribution in [3.05, 3.63) is 36.4 Å². The molecule has 4 heteroatoms. The summed E-state index contributed by atoms with van der Waals surface area (Å²) in [5.41, 5.74) is 0.548. The predicted molar refractivity (Wildman–Crippen MR) is 66.7 cm³/mol. The standard InChI is InChI=1S/C13H17NO3/c1-4-5-8-14-13(15)10-6-7-11(16-2)12(9-10)17-3/h4,6-7,9H,1,5,8H2,2-3H3,(H,14,15). The van der Waals surface area contributed by atoms with Crippen LogP contribution in [0.3, 0.4) is 0 Å². The lowest BCUT2D eigenvalue weighted by Crippen LogP contribution is -2.24. The average Bonchev–Trinajstić information content (AvgIpc) is 2.38. The van der Waals surface area contributed by atoms with Gasteiger partial charge in [-0.3, -0.25) is 4.79 Å². The molecule has 0 fully saturated rings. The number of carbonyl (C=O) groups excluding carboxylic acids is 1. The molecule has 0 bridgehead atoms. The Morgan fingerprint density at radius 1 is 1.35 bits per heavy atom. The molecular formula is C13H17NO3. The second-order valence-electron chi connectivity index (χ2n) is 3.40. The van der Waals surface area contributed by atoms with E-state index in [2.05, 4.69) is 11.9 Å². The van der Waals surface area contributed by atoms with Gasteiger partial charge in [0.15, 0.2) is 11.5 Å². The maximum Gasteiger partial charge on any atom is 0.251 e. The molecule has 1 aromatic carbocycles. The van der Waals surface area contributed by atoms with Crippen molar-refractivity contribution in [1.82, 2.24) is 5.32 Å². The number of amides is 1. The van der Waals surface area contributed by atoms with E-state index < -0.39 is 0 Å². The Hall–Kier alpha value is -1.97. The van der Waals surface area contributed by atoms with Crippen molar-refractivity contribution < 1.29 is 14.3 Å². The average molecular weight is 235 g/mol. The number of rotatable bonds is 6. The van der Waals surface area contributed by atoms with E-state index in [1.165, 1.54) is 7.11 Å². The highest BCUT2D eigenvalue weighted by Crippen LogP contribution is 2.27. The molecule has 0 radical (unpaired) electrons. The Labute approximate surface area is 101 Å². The van der Waals surface area contributed by atoms with Crippen molar-refractivity contribution in [3.8, 4) is 11.5 Å². The SMILES string of the molecule is C=CCCNC(=O)c1ccc(OC)c(OC)c1. The molecule has 0 saturated carbocycles. The van der Waals surface area contributed by atoms with Crippen LogP contribution in [0.4, 0.5) is 0 Å². The van der Waals surface area contributed by atoms with Crippen LogP contribution in [0.1, 0.15) is 16.8 Å². The third kappa shape index (κ3) is 3.52. The number of hydrogen-bond acceptors (Lipinski definition) is 3. The van der Waals surface area contributed by atoms with Crippen molar-refractivity contribution >= 4 is 5.91 Å². The van der Waals surface area contributed by atoms with Gasteiger partial charge in [0.05, 0.1) is 14.2 Å². The van der Waals surface area contributed by atoms with E-state index in [9.17, 15) is 4.79 Å². The quantitative estimate of drug-likeness (QED) is 0.606. The van der Waals surface area contributed by atoms with Gasteiger partial charge in [-0.15, -0.1) is 6.58 Å². The summed E-state index contributed by atoms with van der Waals surface area (Å²) in [5.74, 6) is 1.02. The number of ether oxygens (including phenoxy) is 2. The second kappa shape index (κ2) is 6.58. The zero-order valence-electron chi connectivity index (χ0n) is 10.2. The molecule has 0 aliphatic rings. The molecule has 0 aromatic heterocycles. The summed E-state index contributed by atoms with van der Waals surface area (Å²) in [4.78, 5) is 11.7. The van der Waals surface area contributed by atoms with Gasteiger partial charge in [0, 0.05) is 12.1 Å². The monoisotopic (exact) mass is 235 g/mol.